The quantitative estimate of drug-likeness (QED) is 0.534. The van der Waals surface area contributed by atoms with Gasteiger partial charge in [-0.3, -0.25) is 19.6 Å². The lowest BCUT2D eigenvalue weighted by atomic mass is 9.97. The number of hydrogen-bond donors (Lipinski definition) is 3. The molecule has 3 aromatic rings. The third-order valence-corrected chi connectivity index (χ3v) is 4.42. The average Bonchev–Trinajstić information content (AvgIpc) is 3.22. The van der Waals surface area contributed by atoms with Gasteiger partial charge in [0.2, 0.25) is 5.91 Å². The first-order valence-electron chi connectivity index (χ1n) is 8.67. The number of anilines is 2. The van der Waals surface area contributed by atoms with Crippen LogP contribution in [-0.4, -0.2) is 53.9 Å². The van der Waals surface area contributed by atoms with Gasteiger partial charge < -0.3 is 10.2 Å². The summed E-state index contributed by atoms with van der Waals surface area (Å²) in [6.45, 7) is 1.21. The standard InChI is InChI=1S/C16H17N9O3/c26-14-6-11(20-16(28)21-14)19-15(27)10-2-1-5-24(7-10)12-3-4-13(23-22-12)25-9-17-8-18-25/h3-4,6,8-10H,1-2,5,7H2,(H3,19,20,21,26,27,28). The fourth-order valence-electron chi connectivity index (χ4n) is 3.11. The van der Waals surface area contributed by atoms with E-state index >= 15 is 0 Å². The van der Waals surface area contributed by atoms with Crippen molar-refractivity contribution in [3.8, 4) is 5.82 Å². The van der Waals surface area contributed by atoms with Gasteiger partial charge in [-0.15, -0.1) is 10.2 Å². The van der Waals surface area contributed by atoms with Crippen LogP contribution < -0.4 is 21.5 Å². The Morgan fingerprint density at radius 1 is 1.18 bits per heavy atom. The molecule has 1 amide bonds. The number of carbonyl (C=O) groups excluding carboxylic acids is 1. The molecule has 0 radical (unpaired) electrons. The highest BCUT2D eigenvalue weighted by atomic mass is 16.2. The molecule has 1 saturated heterocycles. The molecule has 4 rings (SSSR count). The number of nitrogens with zero attached hydrogens (tertiary/aromatic N) is 6. The molecule has 1 aliphatic heterocycles. The number of rotatable bonds is 4. The molecular weight excluding hydrogens is 366 g/mol. The van der Waals surface area contributed by atoms with Crippen LogP contribution in [0.4, 0.5) is 11.6 Å². The van der Waals surface area contributed by atoms with Crippen molar-refractivity contribution in [2.24, 2.45) is 5.92 Å². The number of nitrogens with one attached hydrogen (secondary N) is 3. The summed E-state index contributed by atoms with van der Waals surface area (Å²) in [6, 6.07) is 4.73. The molecule has 12 nitrogen and oxygen atoms in total. The van der Waals surface area contributed by atoms with Gasteiger partial charge in [0.1, 0.15) is 18.5 Å². The molecule has 1 fully saturated rings. The first-order valence-corrected chi connectivity index (χ1v) is 8.67. The molecule has 1 atom stereocenters. The van der Waals surface area contributed by atoms with Gasteiger partial charge in [0, 0.05) is 19.2 Å². The molecular formula is C16H17N9O3. The molecule has 3 aromatic heterocycles. The van der Waals surface area contributed by atoms with Crippen LogP contribution in [-0.2, 0) is 4.79 Å². The second-order valence-electron chi connectivity index (χ2n) is 6.37. The second kappa shape index (κ2) is 7.42. The van der Waals surface area contributed by atoms with Crippen molar-refractivity contribution in [1.82, 2.24) is 34.9 Å². The van der Waals surface area contributed by atoms with Crippen molar-refractivity contribution >= 4 is 17.5 Å². The average molecular weight is 383 g/mol. The Hall–Kier alpha value is -3.83. The Balaban J connectivity index is 1.44. The molecule has 1 aliphatic rings. The Labute approximate surface area is 157 Å². The minimum absolute atomic E-state index is 0.0767. The highest BCUT2D eigenvalue weighted by molar-refractivity contribution is 5.92. The number of carbonyl (C=O) groups is 1. The summed E-state index contributed by atoms with van der Waals surface area (Å²) in [7, 11) is 0. The molecule has 1 unspecified atom stereocenters. The second-order valence-corrected chi connectivity index (χ2v) is 6.37. The van der Waals surface area contributed by atoms with Crippen LogP contribution in [0, 0.1) is 5.92 Å². The van der Waals surface area contributed by atoms with Gasteiger partial charge in [-0.2, -0.15) is 5.10 Å². The minimum atomic E-state index is -0.671. The van der Waals surface area contributed by atoms with Crippen LogP contribution in [0.3, 0.4) is 0 Å². The predicted octanol–water partition coefficient (Wildman–Crippen LogP) is -0.711. The number of H-pyrrole nitrogens is 2. The Kier molecular flexibility index (Phi) is 4.66. The molecule has 28 heavy (non-hydrogen) atoms. The maximum atomic E-state index is 12.5. The molecule has 12 heteroatoms. The highest BCUT2D eigenvalue weighted by Gasteiger charge is 2.27. The van der Waals surface area contributed by atoms with Crippen LogP contribution in [0.1, 0.15) is 12.8 Å². The minimum Gasteiger partial charge on any atom is -0.354 e. The number of aromatic amines is 2. The number of piperidine rings is 1. The molecule has 0 saturated carbocycles. The zero-order chi connectivity index (χ0) is 19.5. The summed E-state index contributed by atoms with van der Waals surface area (Å²) in [6.07, 6.45) is 4.44. The number of aromatic nitrogens is 7. The van der Waals surface area contributed by atoms with Crippen molar-refractivity contribution < 1.29 is 4.79 Å². The van der Waals surface area contributed by atoms with Gasteiger partial charge in [-0.1, -0.05) is 0 Å². The van der Waals surface area contributed by atoms with Gasteiger partial charge in [-0.25, -0.2) is 14.5 Å². The summed E-state index contributed by atoms with van der Waals surface area (Å²) in [5, 5.41) is 15.0. The maximum Gasteiger partial charge on any atom is 0.327 e. The molecule has 0 spiro atoms. The first-order chi connectivity index (χ1) is 13.6. The third kappa shape index (κ3) is 3.79. The third-order valence-electron chi connectivity index (χ3n) is 4.42. The van der Waals surface area contributed by atoms with Crippen LogP contribution in [0.5, 0.6) is 0 Å². The van der Waals surface area contributed by atoms with E-state index < -0.39 is 11.2 Å². The fraction of sp³-hybridized carbons (Fsp3) is 0.312. The molecule has 3 N–H and O–H groups in total. The van der Waals surface area contributed by atoms with E-state index in [0.717, 1.165) is 19.0 Å². The van der Waals surface area contributed by atoms with E-state index in [1.54, 1.807) is 6.07 Å². The molecule has 144 valence electrons. The SMILES string of the molecule is O=C(Nc1cc(=O)[nH]c(=O)[nH]1)C1CCCN(c2ccc(-n3cncn3)nn2)C1. The zero-order valence-corrected chi connectivity index (χ0v) is 14.7. The summed E-state index contributed by atoms with van der Waals surface area (Å²) >= 11 is 0. The van der Waals surface area contributed by atoms with E-state index in [1.807, 2.05) is 11.0 Å². The lowest BCUT2D eigenvalue weighted by molar-refractivity contribution is -0.120. The summed E-state index contributed by atoms with van der Waals surface area (Å²) in [5.74, 6) is 0.705. The smallest absolute Gasteiger partial charge is 0.327 e. The summed E-state index contributed by atoms with van der Waals surface area (Å²) in [5.41, 5.74) is -1.25. The van der Waals surface area contributed by atoms with Crippen LogP contribution >= 0.6 is 0 Å². The largest absolute Gasteiger partial charge is 0.354 e. The summed E-state index contributed by atoms with van der Waals surface area (Å²) < 4.78 is 1.51. The van der Waals surface area contributed by atoms with E-state index in [1.165, 1.54) is 17.3 Å². The summed E-state index contributed by atoms with van der Waals surface area (Å²) in [4.78, 5) is 45.5. The van der Waals surface area contributed by atoms with Crippen LogP contribution in [0.2, 0.25) is 0 Å². The van der Waals surface area contributed by atoms with Gasteiger partial charge in [0.05, 0.1) is 5.92 Å². The predicted molar refractivity (Wildman–Crippen MR) is 98.2 cm³/mol. The van der Waals surface area contributed by atoms with Crippen molar-refractivity contribution in [2.75, 3.05) is 23.3 Å². The first kappa shape index (κ1) is 17.6. The lowest BCUT2D eigenvalue weighted by Gasteiger charge is -2.32. The van der Waals surface area contributed by atoms with E-state index in [2.05, 4.69) is 35.6 Å². The topological polar surface area (TPSA) is 155 Å². The van der Waals surface area contributed by atoms with Crippen molar-refractivity contribution in [3.63, 3.8) is 0 Å². The van der Waals surface area contributed by atoms with Gasteiger partial charge in [0.25, 0.3) is 5.56 Å². The molecule has 0 bridgehead atoms. The van der Waals surface area contributed by atoms with Crippen molar-refractivity contribution in [1.29, 1.82) is 0 Å². The fourth-order valence-corrected chi connectivity index (χ4v) is 3.11. The van der Waals surface area contributed by atoms with E-state index in [-0.39, 0.29) is 17.6 Å². The number of hydrogen-bond acceptors (Lipinski definition) is 8. The normalized spacial score (nSPS) is 16.7. The van der Waals surface area contributed by atoms with E-state index in [0.29, 0.717) is 24.6 Å². The maximum absolute atomic E-state index is 12.5. The van der Waals surface area contributed by atoms with Crippen LogP contribution in [0.15, 0.2) is 40.4 Å². The van der Waals surface area contributed by atoms with E-state index in [4.69, 9.17) is 0 Å². The Bertz CT molecular complexity index is 1040. The van der Waals surface area contributed by atoms with Crippen LogP contribution in [0.25, 0.3) is 5.82 Å². The Morgan fingerprint density at radius 3 is 2.71 bits per heavy atom. The van der Waals surface area contributed by atoms with E-state index in [9.17, 15) is 14.4 Å². The molecule has 4 heterocycles. The Morgan fingerprint density at radius 2 is 2.00 bits per heavy atom. The monoisotopic (exact) mass is 383 g/mol. The zero-order valence-electron chi connectivity index (χ0n) is 14.7. The van der Waals surface area contributed by atoms with Gasteiger partial charge in [-0.05, 0) is 25.0 Å². The molecule has 0 aromatic carbocycles. The van der Waals surface area contributed by atoms with Crippen molar-refractivity contribution in [3.05, 3.63) is 51.7 Å². The lowest BCUT2D eigenvalue weighted by Crippen LogP contribution is -2.41. The number of amides is 1. The van der Waals surface area contributed by atoms with Crippen molar-refractivity contribution in [2.45, 2.75) is 12.8 Å². The highest BCUT2D eigenvalue weighted by Crippen LogP contribution is 2.22. The van der Waals surface area contributed by atoms with Gasteiger partial charge in [0.15, 0.2) is 11.6 Å². The van der Waals surface area contributed by atoms with Gasteiger partial charge >= 0.3 is 5.69 Å². The molecule has 0 aliphatic carbocycles.